The number of nitrogens with one attached hydrogen (secondary N) is 1. The highest BCUT2D eigenvalue weighted by atomic mass is 32.1. The summed E-state index contributed by atoms with van der Waals surface area (Å²) >= 11 is 1.57. The molecule has 0 saturated carbocycles. The van der Waals surface area contributed by atoms with Crippen LogP contribution in [0.5, 0.6) is 0 Å². The normalized spacial score (nSPS) is 11.0. The zero-order chi connectivity index (χ0) is 20.5. The second-order valence-corrected chi connectivity index (χ2v) is 7.69. The Balaban J connectivity index is 1.40. The van der Waals surface area contributed by atoms with Crippen molar-refractivity contribution in [3.8, 4) is 16.3 Å². The van der Waals surface area contributed by atoms with E-state index >= 15 is 0 Å². The number of para-hydroxylation sites is 1. The van der Waals surface area contributed by atoms with Crippen molar-refractivity contribution in [2.45, 2.75) is 6.92 Å². The number of aromatic nitrogens is 5. The van der Waals surface area contributed by atoms with E-state index in [0.29, 0.717) is 11.4 Å². The molecule has 0 aliphatic carbocycles. The largest absolute Gasteiger partial charge is 0.321 e. The predicted octanol–water partition coefficient (Wildman–Crippen LogP) is 4.50. The van der Waals surface area contributed by atoms with Gasteiger partial charge in [0.2, 0.25) is 0 Å². The van der Waals surface area contributed by atoms with Crippen molar-refractivity contribution < 1.29 is 4.79 Å². The lowest BCUT2D eigenvalue weighted by Crippen LogP contribution is -2.14. The SMILES string of the molecule is Cc1nn(-c2ccccc2)nc1C(=O)Nc1cccc(-c2nc3ccncc3s2)c1. The Kier molecular flexibility index (Phi) is 4.53. The highest BCUT2D eigenvalue weighted by molar-refractivity contribution is 7.21. The van der Waals surface area contributed by atoms with Crippen molar-refractivity contribution in [1.29, 1.82) is 0 Å². The maximum Gasteiger partial charge on any atom is 0.278 e. The van der Waals surface area contributed by atoms with E-state index in [1.165, 1.54) is 4.80 Å². The van der Waals surface area contributed by atoms with Crippen LogP contribution in [0, 0.1) is 6.92 Å². The molecule has 5 aromatic rings. The number of hydrogen-bond donors (Lipinski definition) is 1. The first kappa shape index (κ1) is 18.1. The molecule has 30 heavy (non-hydrogen) atoms. The second kappa shape index (κ2) is 7.49. The third-order valence-electron chi connectivity index (χ3n) is 4.54. The fourth-order valence-electron chi connectivity index (χ4n) is 3.09. The lowest BCUT2D eigenvalue weighted by Gasteiger charge is -2.05. The van der Waals surface area contributed by atoms with Gasteiger partial charge in [0.1, 0.15) is 5.01 Å². The van der Waals surface area contributed by atoms with E-state index in [9.17, 15) is 4.79 Å². The van der Waals surface area contributed by atoms with Gasteiger partial charge in [-0.2, -0.15) is 9.90 Å². The molecule has 0 aliphatic heterocycles. The number of carbonyl (C=O) groups is 1. The first-order valence-corrected chi connectivity index (χ1v) is 10.1. The van der Waals surface area contributed by atoms with E-state index in [0.717, 1.165) is 26.5 Å². The average molecular weight is 412 g/mol. The fraction of sp³-hybridized carbons (Fsp3) is 0.0455. The molecule has 1 amide bonds. The van der Waals surface area contributed by atoms with Gasteiger partial charge < -0.3 is 5.32 Å². The summed E-state index contributed by atoms with van der Waals surface area (Å²) in [4.78, 5) is 23.1. The molecule has 3 aromatic heterocycles. The highest BCUT2D eigenvalue weighted by Crippen LogP contribution is 2.30. The number of rotatable bonds is 4. The lowest BCUT2D eigenvalue weighted by molar-refractivity contribution is 0.102. The van der Waals surface area contributed by atoms with Gasteiger partial charge in [-0.25, -0.2) is 4.98 Å². The van der Waals surface area contributed by atoms with E-state index in [1.54, 1.807) is 30.7 Å². The van der Waals surface area contributed by atoms with Crippen molar-refractivity contribution in [2.24, 2.45) is 0 Å². The molecule has 0 saturated heterocycles. The van der Waals surface area contributed by atoms with Crippen LogP contribution in [0.3, 0.4) is 0 Å². The highest BCUT2D eigenvalue weighted by Gasteiger charge is 2.17. The maximum absolute atomic E-state index is 12.8. The molecule has 0 radical (unpaired) electrons. The molecule has 3 heterocycles. The summed E-state index contributed by atoms with van der Waals surface area (Å²) in [6.07, 6.45) is 3.54. The smallest absolute Gasteiger partial charge is 0.278 e. The number of anilines is 1. The molecule has 0 bridgehead atoms. The first-order valence-electron chi connectivity index (χ1n) is 9.29. The molecule has 0 fully saturated rings. The van der Waals surface area contributed by atoms with Crippen LogP contribution in [-0.4, -0.2) is 30.9 Å². The summed E-state index contributed by atoms with van der Waals surface area (Å²) in [6, 6.07) is 19.0. The van der Waals surface area contributed by atoms with Gasteiger partial charge in [-0.15, -0.1) is 16.4 Å². The average Bonchev–Trinajstić information content (AvgIpc) is 3.38. The number of fused-ring (bicyclic) bond motifs is 1. The number of pyridine rings is 1. The molecular weight excluding hydrogens is 396 g/mol. The quantitative estimate of drug-likeness (QED) is 0.470. The van der Waals surface area contributed by atoms with E-state index in [-0.39, 0.29) is 11.6 Å². The molecule has 8 heteroatoms. The van der Waals surface area contributed by atoms with Crippen LogP contribution in [0.1, 0.15) is 16.2 Å². The van der Waals surface area contributed by atoms with E-state index < -0.39 is 0 Å². The number of aryl methyl sites for hydroxylation is 1. The van der Waals surface area contributed by atoms with Gasteiger partial charge in [0.15, 0.2) is 5.69 Å². The van der Waals surface area contributed by atoms with E-state index in [4.69, 9.17) is 0 Å². The van der Waals surface area contributed by atoms with Crippen LogP contribution in [-0.2, 0) is 0 Å². The molecule has 146 valence electrons. The Hall–Kier alpha value is -3.91. The summed E-state index contributed by atoms with van der Waals surface area (Å²) in [7, 11) is 0. The molecule has 5 rings (SSSR count). The van der Waals surface area contributed by atoms with Crippen LogP contribution >= 0.6 is 11.3 Å². The number of amides is 1. The molecule has 2 aromatic carbocycles. The van der Waals surface area contributed by atoms with Gasteiger partial charge in [0, 0.05) is 23.6 Å². The minimum absolute atomic E-state index is 0.287. The standard InChI is InChI=1S/C22H16N6OS/c1-14-20(27-28(26-14)17-8-3-2-4-9-17)21(29)24-16-7-5-6-15(12-16)22-25-18-10-11-23-13-19(18)30-22/h2-13H,1H3,(H,24,29). The van der Waals surface area contributed by atoms with Gasteiger partial charge in [-0.3, -0.25) is 9.78 Å². The van der Waals surface area contributed by atoms with Crippen molar-refractivity contribution in [2.75, 3.05) is 5.32 Å². The van der Waals surface area contributed by atoms with Crippen LogP contribution in [0.4, 0.5) is 5.69 Å². The number of nitrogens with zero attached hydrogens (tertiary/aromatic N) is 5. The summed E-state index contributed by atoms with van der Waals surface area (Å²) < 4.78 is 1.02. The van der Waals surface area contributed by atoms with Gasteiger partial charge in [0.25, 0.3) is 5.91 Å². The summed E-state index contributed by atoms with van der Waals surface area (Å²) in [5.74, 6) is -0.305. The van der Waals surface area contributed by atoms with E-state index in [1.807, 2.05) is 60.7 Å². The molecule has 0 atom stereocenters. The second-order valence-electron chi connectivity index (χ2n) is 6.66. The Morgan fingerprint density at radius 1 is 1.03 bits per heavy atom. The van der Waals surface area contributed by atoms with E-state index in [2.05, 4.69) is 25.5 Å². The molecule has 1 N–H and O–H groups in total. The molecular formula is C22H16N6OS. The Morgan fingerprint density at radius 3 is 2.73 bits per heavy atom. The Labute approximate surface area is 176 Å². The molecule has 0 aliphatic rings. The first-order chi connectivity index (χ1) is 14.7. The Morgan fingerprint density at radius 2 is 1.90 bits per heavy atom. The predicted molar refractivity (Wildman–Crippen MR) is 117 cm³/mol. The van der Waals surface area contributed by atoms with Crippen molar-refractivity contribution in [3.63, 3.8) is 0 Å². The van der Waals surface area contributed by atoms with Gasteiger partial charge in [-0.1, -0.05) is 30.3 Å². The van der Waals surface area contributed by atoms with Crippen LogP contribution in [0.15, 0.2) is 73.1 Å². The number of benzene rings is 2. The molecule has 0 unspecified atom stereocenters. The third-order valence-corrected chi connectivity index (χ3v) is 5.60. The topological polar surface area (TPSA) is 85.6 Å². The molecule has 0 spiro atoms. The van der Waals surface area contributed by atoms with Crippen LogP contribution < -0.4 is 5.32 Å². The number of hydrogen-bond acceptors (Lipinski definition) is 6. The fourth-order valence-corrected chi connectivity index (χ4v) is 4.02. The summed E-state index contributed by atoms with van der Waals surface area (Å²) in [6.45, 7) is 1.77. The molecule has 7 nitrogen and oxygen atoms in total. The van der Waals surface area contributed by atoms with Gasteiger partial charge >= 0.3 is 0 Å². The zero-order valence-corrected chi connectivity index (χ0v) is 16.8. The Bertz CT molecular complexity index is 1330. The summed E-state index contributed by atoms with van der Waals surface area (Å²) in [5, 5.41) is 12.5. The summed E-state index contributed by atoms with van der Waals surface area (Å²) in [5.41, 5.74) is 4.16. The number of thiazole rings is 1. The van der Waals surface area contributed by atoms with Crippen LogP contribution in [0.2, 0.25) is 0 Å². The third kappa shape index (κ3) is 3.44. The maximum atomic E-state index is 12.8. The van der Waals surface area contributed by atoms with Crippen molar-refractivity contribution >= 4 is 33.1 Å². The van der Waals surface area contributed by atoms with Crippen molar-refractivity contribution in [1.82, 2.24) is 25.0 Å². The number of carbonyl (C=O) groups excluding carboxylic acids is 1. The monoisotopic (exact) mass is 412 g/mol. The minimum Gasteiger partial charge on any atom is -0.321 e. The zero-order valence-electron chi connectivity index (χ0n) is 16.0. The minimum atomic E-state index is -0.305. The van der Waals surface area contributed by atoms with Gasteiger partial charge in [0.05, 0.1) is 21.6 Å². The van der Waals surface area contributed by atoms with Gasteiger partial charge in [-0.05, 0) is 37.3 Å². The van der Waals surface area contributed by atoms with Crippen molar-refractivity contribution in [3.05, 3.63) is 84.4 Å². The lowest BCUT2D eigenvalue weighted by atomic mass is 10.2. The van der Waals surface area contributed by atoms with Crippen LogP contribution in [0.25, 0.3) is 26.5 Å².